The summed E-state index contributed by atoms with van der Waals surface area (Å²) in [7, 11) is 3.30. The van der Waals surface area contributed by atoms with E-state index in [9.17, 15) is 8.42 Å². The van der Waals surface area contributed by atoms with E-state index >= 15 is 0 Å². The predicted molar refractivity (Wildman–Crippen MR) is 37.8 cm³/mol. The van der Waals surface area contributed by atoms with Gasteiger partial charge in [0.05, 0.1) is 7.85 Å². The standard InChI is InChI=1S/C4H10BNO2S/c1-4(2,5)9(7,8)6-3/h6H,1-3H3. The molecule has 0 unspecified atom stereocenters. The summed E-state index contributed by atoms with van der Waals surface area (Å²) in [6, 6.07) is 0. The highest BCUT2D eigenvalue weighted by Crippen LogP contribution is 2.07. The zero-order valence-electron chi connectivity index (χ0n) is 5.80. The van der Waals surface area contributed by atoms with Gasteiger partial charge in [-0.25, -0.2) is 13.1 Å². The topological polar surface area (TPSA) is 46.2 Å². The molecule has 0 amide bonds. The summed E-state index contributed by atoms with van der Waals surface area (Å²) in [5, 5.41) is 0. The van der Waals surface area contributed by atoms with Crippen LogP contribution in [0.25, 0.3) is 0 Å². The van der Waals surface area contributed by atoms with Crippen LogP contribution in [0.5, 0.6) is 0 Å². The highest BCUT2D eigenvalue weighted by molar-refractivity contribution is 7.92. The van der Waals surface area contributed by atoms with Gasteiger partial charge in [-0.3, -0.25) is 0 Å². The molecule has 0 atom stereocenters. The van der Waals surface area contributed by atoms with E-state index in [1.54, 1.807) is 0 Å². The molecule has 1 N–H and O–H groups in total. The highest BCUT2D eigenvalue weighted by Gasteiger charge is 2.25. The Hall–Kier alpha value is -0.0251. The average Bonchev–Trinajstić information content (AvgIpc) is 1.64. The fourth-order valence-corrected chi connectivity index (χ4v) is 0.789. The lowest BCUT2D eigenvalue weighted by atomic mass is 9.91. The molecule has 0 bridgehead atoms. The van der Waals surface area contributed by atoms with Crippen molar-refractivity contribution in [3.8, 4) is 0 Å². The van der Waals surface area contributed by atoms with Gasteiger partial charge < -0.3 is 0 Å². The smallest absolute Gasteiger partial charge is 0.208 e. The minimum absolute atomic E-state index is 1.19. The number of rotatable bonds is 2. The van der Waals surface area contributed by atoms with Crippen molar-refractivity contribution >= 4 is 17.9 Å². The van der Waals surface area contributed by atoms with Gasteiger partial charge in [-0.1, -0.05) is 13.8 Å². The summed E-state index contributed by atoms with van der Waals surface area (Å²) >= 11 is 0. The summed E-state index contributed by atoms with van der Waals surface area (Å²) in [6.07, 6.45) is 0. The Morgan fingerprint density at radius 1 is 1.44 bits per heavy atom. The Balaban J connectivity index is 4.57. The maximum Gasteiger partial charge on any atom is 0.208 e. The normalized spacial score (nSPS) is 13.7. The largest absolute Gasteiger partial charge is 0.219 e. The molecule has 0 aromatic carbocycles. The molecule has 0 aromatic rings. The first-order valence-electron chi connectivity index (χ1n) is 2.53. The zero-order chi connectivity index (χ0) is 7.71. The van der Waals surface area contributed by atoms with Crippen molar-refractivity contribution in [3.05, 3.63) is 0 Å². The van der Waals surface area contributed by atoms with E-state index in [-0.39, 0.29) is 0 Å². The maximum absolute atomic E-state index is 10.8. The second-order valence-electron chi connectivity index (χ2n) is 2.31. The van der Waals surface area contributed by atoms with Gasteiger partial charge in [-0.2, -0.15) is 0 Å². The minimum atomic E-state index is -3.31. The number of sulfonamides is 1. The van der Waals surface area contributed by atoms with E-state index in [0.717, 1.165) is 0 Å². The summed E-state index contributed by atoms with van der Waals surface area (Å²) in [5.41, 5.74) is 0. The van der Waals surface area contributed by atoms with Crippen molar-refractivity contribution in [2.24, 2.45) is 0 Å². The third-order valence-electron chi connectivity index (χ3n) is 0.961. The molecule has 5 heteroatoms. The molecule has 0 aromatic heterocycles. The predicted octanol–water partition coefficient (Wildman–Crippen LogP) is -0.560. The Morgan fingerprint density at radius 3 is 1.78 bits per heavy atom. The number of hydrogen-bond acceptors (Lipinski definition) is 2. The first-order valence-corrected chi connectivity index (χ1v) is 4.01. The first-order chi connectivity index (χ1) is 3.81. The van der Waals surface area contributed by atoms with Gasteiger partial charge in [0, 0.05) is 4.65 Å². The van der Waals surface area contributed by atoms with Crippen LogP contribution in [-0.2, 0) is 10.0 Å². The Bertz CT molecular complexity index is 179. The lowest BCUT2D eigenvalue weighted by Gasteiger charge is -2.17. The third-order valence-corrected chi connectivity index (χ3v) is 2.88. The van der Waals surface area contributed by atoms with E-state index < -0.39 is 14.7 Å². The Morgan fingerprint density at radius 2 is 1.78 bits per heavy atom. The van der Waals surface area contributed by atoms with E-state index in [1.807, 2.05) is 0 Å². The summed E-state index contributed by atoms with van der Waals surface area (Å²) in [4.78, 5) is 0. The lowest BCUT2D eigenvalue weighted by molar-refractivity contribution is 0.572. The molecule has 0 saturated carbocycles. The van der Waals surface area contributed by atoms with Gasteiger partial charge >= 0.3 is 0 Å². The van der Waals surface area contributed by atoms with Crippen LogP contribution in [0.3, 0.4) is 0 Å². The van der Waals surface area contributed by atoms with E-state index in [1.165, 1.54) is 20.9 Å². The average molecular weight is 147 g/mol. The molecule has 52 valence electrons. The molecular formula is C4H10BNO2S. The van der Waals surface area contributed by atoms with Gasteiger partial charge in [-0.15, -0.1) is 0 Å². The number of hydrogen-bond donors (Lipinski definition) is 1. The van der Waals surface area contributed by atoms with Crippen LogP contribution < -0.4 is 4.72 Å². The van der Waals surface area contributed by atoms with Gasteiger partial charge in [0.15, 0.2) is 0 Å². The lowest BCUT2D eigenvalue weighted by Crippen LogP contribution is -2.40. The highest BCUT2D eigenvalue weighted by atomic mass is 32.2. The Kier molecular flexibility index (Phi) is 2.30. The number of nitrogens with one attached hydrogen (secondary N) is 1. The van der Waals surface area contributed by atoms with Crippen molar-refractivity contribution < 1.29 is 8.42 Å². The summed E-state index contributed by atoms with van der Waals surface area (Å²) < 4.78 is 22.5. The van der Waals surface area contributed by atoms with Crippen LogP contribution in [0.1, 0.15) is 13.8 Å². The molecule has 0 saturated heterocycles. The van der Waals surface area contributed by atoms with Gasteiger partial charge in [0.1, 0.15) is 0 Å². The van der Waals surface area contributed by atoms with Crippen molar-refractivity contribution in [3.63, 3.8) is 0 Å². The molecule has 3 nitrogen and oxygen atoms in total. The molecular weight excluding hydrogens is 137 g/mol. The van der Waals surface area contributed by atoms with Crippen LogP contribution in [0, 0.1) is 0 Å². The third kappa shape index (κ3) is 1.99. The van der Waals surface area contributed by atoms with E-state index in [2.05, 4.69) is 4.72 Å². The van der Waals surface area contributed by atoms with Crippen molar-refractivity contribution in [2.45, 2.75) is 18.5 Å². The monoisotopic (exact) mass is 147 g/mol. The van der Waals surface area contributed by atoms with Gasteiger partial charge in [0.2, 0.25) is 10.0 Å². The zero-order valence-corrected chi connectivity index (χ0v) is 6.62. The van der Waals surface area contributed by atoms with Gasteiger partial charge in [0.25, 0.3) is 0 Å². The van der Waals surface area contributed by atoms with Crippen LogP contribution in [0.15, 0.2) is 0 Å². The SMILES string of the molecule is [B]C(C)(C)S(=O)(=O)NC. The molecule has 0 fully saturated rings. The maximum atomic E-state index is 10.8. The fraction of sp³-hybridized carbons (Fsp3) is 1.00. The molecule has 0 aliphatic rings. The molecule has 0 aliphatic carbocycles. The molecule has 0 heterocycles. The van der Waals surface area contributed by atoms with Crippen LogP contribution in [0.2, 0.25) is 0 Å². The second-order valence-corrected chi connectivity index (χ2v) is 4.78. The molecule has 0 aliphatic heterocycles. The molecule has 0 spiro atoms. The molecule has 0 rings (SSSR count). The van der Waals surface area contributed by atoms with Crippen LogP contribution in [0.4, 0.5) is 0 Å². The fourth-order valence-electron chi connectivity index (χ4n) is 0.263. The van der Waals surface area contributed by atoms with Crippen molar-refractivity contribution in [1.29, 1.82) is 0 Å². The minimum Gasteiger partial charge on any atom is -0.219 e. The van der Waals surface area contributed by atoms with Crippen LogP contribution >= 0.6 is 0 Å². The molecule has 9 heavy (non-hydrogen) atoms. The molecule has 2 radical (unpaired) electrons. The van der Waals surface area contributed by atoms with Gasteiger partial charge in [-0.05, 0) is 7.05 Å². The summed E-state index contributed by atoms with van der Waals surface area (Å²) in [5.74, 6) is 0. The second kappa shape index (κ2) is 2.30. The van der Waals surface area contributed by atoms with E-state index in [0.29, 0.717) is 0 Å². The summed E-state index contributed by atoms with van der Waals surface area (Å²) in [6.45, 7) is 2.86. The first kappa shape index (κ1) is 8.97. The van der Waals surface area contributed by atoms with Crippen molar-refractivity contribution in [1.82, 2.24) is 4.72 Å². The quantitative estimate of drug-likeness (QED) is 0.532. The van der Waals surface area contributed by atoms with Crippen LogP contribution in [-0.4, -0.2) is 28.0 Å². The Labute approximate surface area is 57.3 Å². The van der Waals surface area contributed by atoms with E-state index in [4.69, 9.17) is 7.85 Å². The van der Waals surface area contributed by atoms with Crippen molar-refractivity contribution in [2.75, 3.05) is 7.05 Å².